The van der Waals surface area contributed by atoms with Crippen LogP contribution in [0.5, 0.6) is 0 Å². The Kier molecular flexibility index (Phi) is 9.68. The first kappa shape index (κ1) is 35.7. The Balaban J connectivity index is 1.22. The van der Waals surface area contributed by atoms with Gasteiger partial charge < -0.3 is 4.90 Å². The van der Waals surface area contributed by atoms with Crippen molar-refractivity contribution in [3.05, 3.63) is 249 Å². The van der Waals surface area contributed by atoms with Gasteiger partial charge in [0.1, 0.15) is 0 Å². The van der Waals surface area contributed by atoms with E-state index < -0.39 is 0 Å². The molecule has 1 nitrogen and oxygen atoms in total. The summed E-state index contributed by atoms with van der Waals surface area (Å²) in [5, 5.41) is 2.49. The highest BCUT2D eigenvalue weighted by molar-refractivity contribution is 6.04. The molecule has 0 saturated heterocycles. The SMILES string of the molecule is c1ccc(-c2ccccc2-c2c(-c3ccccc3)cccc2-c2ccccc2N(c2ccc(-c3cccc4ccccc34)cc2)c2ccccc2-c2ccccc2)cc1. The monoisotopic (exact) mass is 751 g/mol. The Morgan fingerprint density at radius 2 is 0.627 bits per heavy atom. The van der Waals surface area contributed by atoms with Crippen molar-refractivity contribution >= 4 is 27.8 Å². The Hall–Kier alpha value is -7.74. The van der Waals surface area contributed by atoms with E-state index in [4.69, 9.17) is 0 Å². The third-order valence-electron chi connectivity index (χ3n) is 11.3. The Morgan fingerprint density at radius 1 is 0.220 bits per heavy atom. The lowest BCUT2D eigenvalue weighted by molar-refractivity contribution is 1.28. The van der Waals surface area contributed by atoms with E-state index >= 15 is 0 Å². The smallest absolute Gasteiger partial charge is 0.0540 e. The first-order valence-electron chi connectivity index (χ1n) is 20.3. The number of fused-ring (bicyclic) bond motifs is 1. The second kappa shape index (κ2) is 16.0. The van der Waals surface area contributed by atoms with Crippen molar-refractivity contribution < 1.29 is 0 Å². The zero-order valence-corrected chi connectivity index (χ0v) is 32.6. The van der Waals surface area contributed by atoms with Gasteiger partial charge in [0.15, 0.2) is 0 Å². The highest BCUT2D eigenvalue weighted by atomic mass is 15.1. The van der Waals surface area contributed by atoms with E-state index in [1.807, 2.05) is 0 Å². The van der Waals surface area contributed by atoms with E-state index in [0.717, 1.165) is 28.2 Å². The van der Waals surface area contributed by atoms with E-state index in [9.17, 15) is 0 Å². The summed E-state index contributed by atoms with van der Waals surface area (Å²) in [7, 11) is 0. The van der Waals surface area contributed by atoms with Gasteiger partial charge in [-0.05, 0) is 90.7 Å². The lowest BCUT2D eigenvalue weighted by Crippen LogP contribution is -2.12. The number of rotatable bonds is 9. The van der Waals surface area contributed by atoms with E-state index in [2.05, 4.69) is 254 Å². The van der Waals surface area contributed by atoms with Gasteiger partial charge in [0.25, 0.3) is 0 Å². The van der Waals surface area contributed by atoms with Crippen LogP contribution in [0.25, 0.3) is 77.5 Å². The molecule has 10 aromatic rings. The fraction of sp³-hybridized carbons (Fsp3) is 0. The van der Waals surface area contributed by atoms with Crippen molar-refractivity contribution in [3.8, 4) is 66.8 Å². The molecule has 10 aromatic carbocycles. The largest absolute Gasteiger partial charge is 0.309 e. The molecule has 0 aliphatic heterocycles. The van der Waals surface area contributed by atoms with E-state index in [1.165, 1.54) is 66.4 Å². The molecule has 0 N–H and O–H groups in total. The van der Waals surface area contributed by atoms with Crippen LogP contribution in [0.1, 0.15) is 0 Å². The normalized spacial score (nSPS) is 11.1. The number of anilines is 3. The number of benzene rings is 10. The minimum atomic E-state index is 1.08. The number of para-hydroxylation sites is 2. The lowest BCUT2D eigenvalue weighted by Gasteiger charge is -2.31. The summed E-state index contributed by atoms with van der Waals surface area (Å²) < 4.78 is 0. The molecule has 10 rings (SSSR count). The van der Waals surface area contributed by atoms with Crippen LogP contribution in [0.3, 0.4) is 0 Å². The molecule has 0 fully saturated rings. The summed E-state index contributed by atoms with van der Waals surface area (Å²) >= 11 is 0. The van der Waals surface area contributed by atoms with E-state index in [1.54, 1.807) is 0 Å². The Labute approximate surface area is 346 Å². The fourth-order valence-corrected chi connectivity index (χ4v) is 8.60. The Morgan fingerprint density at radius 3 is 1.31 bits per heavy atom. The van der Waals surface area contributed by atoms with Gasteiger partial charge in [0, 0.05) is 16.8 Å². The summed E-state index contributed by atoms with van der Waals surface area (Å²) in [6, 6.07) is 89.9. The molecule has 0 radical (unpaired) electrons. The van der Waals surface area contributed by atoms with Gasteiger partial charge in [-0.2, -0.15) is 0 Å². The number of hydrogen-bond acceptors (Lipinski definition) is 1. The summed E-state index contributed by atoms with van der Waals surface area (Å²) in [5.74, 6) is 0. The number of hydrogen-bond donors (Lipinski definition) is 0. The molecule has 1 heteroatoms. The molecule has 0 atom stereocenters. The second-order valence-corrected chi connectivity index (χ2v) is 14.8. The fourth-order valence-electron chi connectivity index (χ4n) is 8.60. The molecule has 0 aromatic heterocycles. The first-order valence-corrected chi connectivity index (χ1v) is 20.3. The average molecular weight is 752 g/mol. The lowest BCUT2D eigenvalue weighted by atomic mass is 9.84. The topological polar surface area (TPSA) is 3.24 Å². The third kappa shape index (κ3) is 6.90. The van der Waals surface area contributed by atoms with E-state index in [-0.39, 0.29) is 0 Å². The van der Waals surface area contributed by atoms with Crippen LogP contribution >= 0.6 is 0 Å². The highest BCUT2D eigenvalue weighted by Gasteiger charge is 2.24. The maximum Gasteiger partial charge on any atom is 0.0540 e. The predicted molar refractivity (Wildman–Crippen MR) is 251 cm³/mol. The van der Waals surface area contributed by atoms with Gasteiger partial charge in [-0.25, -0.2) is 0 Å². The van der Waals surface area contributed by atoms with Gasteiger partial charge in [-0.15, -0.1) is 0 Å². The number of nitrogens with zero attached hydrogens (tertiary/aromatic N) is 1. The maximum atomic E-state index is 2.45. The summed E-state index contributed by atoms with van der Waals surface area (Å²) in [6.07, 6.45) is 0. The summed E-state index contributed by atoms with van der Waals surface area (Å²) in [4.78, 5) is 2.45. The molecule has 0 amide bonds. The van der Waals surface area contributed by atoms with Gasteiger partial charge in [0.05, 0.1) is 11.4 Å². The predicted octanol–water partition coefficient (Wildman–Crippen LogP) is 16.3. The van der Waals surface area contributed by atoms with Crippen LogP contribution in [-0.4, -0.2) is 0 Å². The van der Waals surface area contributed by atoms with Gasteiger partial charge in [0.2, 0.25) is 0 Å². The maximum absolute atomic E-state index is 2.45. The third-order valence-corrected chi connectivity index (χ3v) is 11.3. The highest BCUT2D eigenvalue weighted by Crippen LogP contribution is 2.49. The molecule has 278 valence electrons. The van der Waals surface area contributed by atoms with Crippen molar-refractivity contribution in [2.45, 2.75) is 0 Å². The molecule has 0 spiro atoms. The summed E-state index contributed by atoms with van der Waals surface area (Å²) in [5.41, 5.74) is 17.5. The molecule has 0 heterocycles. The van der Waals surface area contributed by atoms with Crippen LogP contribution in [0.15, 0.2) is 249 Å². The molecule has 0 aliphatic rings. The molecular weight excluding hydrogens is 711 g/mol. The second-order valence-electron chi connectivity index (χ2n) is 14.8. The van der Waals surface area contributed by atoms with Crippen molar-refractivity contribution in [1.82, 2.24) is 0 Å². The van der Waals surface area contributed by atoms with Crippen LogP contribution < -0.4 is 4.90 Å². The average Bonchev–Trinajstić information content (AvgIpc) is 3.33. The quantitative estimate of drug-likeness (QED) is 0.142. The van der Waals surface area contributed by atoms with Crippen molar-refractivity contribution in [1.29, 1.82) is 0 Å². The van der Waals surface area contributed by atoms with Crippen LogP contribution in [0.2, 0.25) is 0 Å². The first-order chi connectivity index (χ1) is 29.3. The summed E-state index contributed by atoms with van der Waals surface area (Å²) in [6.45, 7) is 0. The van der Waals surface area contributed by atoms with Crippen LogP contribution in [0, 0.1) is 0 Å². The van der Waals surface area contributed by atoms with E-state index in [0.29, 0.717) is 0 Å². The minimum absolute atomic E-state index is 1.08. The van der Waals surface area contributed by atoms with Crippen LogP contribution in [0.4, 0.5) is 17.1 Å². The van der Waals surface area contributed by atoms with Gasteiger partial charge >= 0.3 is 0 Å². The minimum Gasteiger partial charge on any atom is -0.309 e. The zero-order chi connectivity index (χ0) is 39.4. The molecule has 0 saturated carbocycles. The molecule has 0 aliphatic carbocycles. The Bertz CT molecular complexity index is 3020. The van der Waals surface area contributed by atoms with Crippen molar-refractivity contribution in [2.24, 2.45) is 0 Å². The standard InChI is InChI=1S/C58H41N/c1-4-20-42(21-5-1)50-29-12-13-32-54(50)58-52(45-24-8-3-9-25-45)34-19-35-55(58)53-31-15-17-37-57(53)59(56-36-16-14-30-51(56)44-22-6-2-7-23-44)47-40-38-46(39-41-47)49-33-18-27-43-26-10-11-28-48(43)49/h1-41H. The molecular formula is C58H41N. The zero-order valence-electron chi connectivity index (χ0n) is 32.6. The molecule has 59 heavy (non-hydrogen) atoms. The molecule has 0 unspecified atom stereocenters. The van der Waals surface area contributed by atoms with Gasteiger partial charge in [-0.1, -0.05) is 224 Å². The van der Waals surface area contributed by atoms with Crippen molar-refractivity contribution in [3.63, 3.8) is 0 Å². The van der Waals surface area contributed by atoms with Crippen LogP contribution in [-0.2, 0) is 0 Å². The van der Waals surface area contributed by atoms with Crippen molar-refractivity contribution in [2.75, 3.05) is 4.90 Å². The van der Waals surface area contributed by atoms with Gasteiger partial charge in [-0.3, -0.25) is 0 Å². The molecule has 0 bridgehead atoms.